The van der Waals surface area contributed by atoms with E-state index in [0.29, 0.717) is 5.92 Å². The first-order valence-electron chi connectivity index (χ1n) is 6.33. The van der Waals surface area contributed by atoms with Crippen molar-refractivity contribution in [1.82, 2.24) is 9.97 Å². The summed E-state index contributed by atoms with van der Waals surface area (Å²) in [4.78, 5) is 8.96. The van der Waals surface area contributed by atoms with E-state index < -0.39 is 0 Å². The van der Waals surface area contributed by atoms with Gasteiger partial charge in [0.15, 0.2) is 0 Å². The molecule has 0 atom stereocenters. The number of benzene rings is 1. The van der Waals surface area contributed by atoms with Crippen molar-refractivity contribution in [3.05, 3.63) is 41.9 Å². The highest BCUT2D eigenvalue weighted by Crippen LogP contribution is 2.26. The van der Waals surface area contributed by atoms with Crippen LogP contribution in [0.15, 0.2) is 30.6 Å². The zero-order valence-electron chi connectivity index (χ0n) is 11.1. The Morgan fingerprint density at radius 2 is 1.94 bits per heavy atom. The topological polar surface area (TPSA) is 51.8 Å². The molecule has 0 saturated heterocycles. The van der Waals surface area contributed by atoms with Crippen molar-refractivity contribution < 1.29 is 0 Å². The minimum atomic E-state index is 0.401. The Morgan fingerprint density at radius 3 is 2.50 bits per heavy atom. The molecule has 1 aromatic heterocycles. The Kier molecular flexibility index (Phi) is 3.60. The van der Waals surface area contributed by atoms with Gasteiger partial charge in [0.2, 0.25) is 0 Å². The molecule has 1 heterocycles. The van der Waals surface area contributed by atoms with Crippen LogP contribution in [0.4, 0.5) is 5.69 Å². The molecular weight excluding hydrogens is 222 g/mol. The number of aromatic nitrogens is 2. The van der Waals surface area contributed by atoms with Gasteiger partial charge >= 0.3 is 0 Å². The Morgan fingerprint density at radius 1 is 1.17 bits per heavy atom. The van der Waals surface area contributed by atoms with Gasteiger partial charge in [0, 0.05) is 17.4 Å². The second kappa shape index (κ2) is 5.17. The van der Waals surface area contributed by atoms with Gasteiger partial charge < -0.3 is 5.73 Å². The van der Waals surface area contributed by atoms with E-state index in [1.807, 2.05) is 30.6 Å². The minimum absolute atomic E-state index is 0.401. The molecule has 2 rings (SSSR count). The molecule has 0 saturated carbocycles. The summed E-state index contributed by atoms with van der Waals surface area (Å²) in [5.74, 6) is 0.401. The molecule has 3 heteroatoms. The first-order valence-corrected chi connectivity index (χ1v) is 6.33. The van der Waals surface area contributed by atoms with Crippen LogP contribution in [0.3, 0.4) is 0 Å². The van der Waals surface area contributed by atoms with Crippen molar-refractivity contribution in [3.63, 3.8) is 0 Å². The van der Waals surface area contributed by atoms with Gasteiger partial charge in [-0.05, 0) is 24.0 Å². The molecule has 0 aliphatic heterocycles. The third kappa shape index (κ3) is 2.35. The number of hydrogen-bond donors (Lipinski definition) is 1. The molecule has 0 bridgehead atoms. The van der Waals surface area contributed by atoms with Crippen molar-refractivity contribution in [3.8, 4) is 11.3 Å². The van der Waals surface area contributed by atoms with Crippen LogP contribution in [0.25, 0.3) is 11.3 Å². The normalized spacial score (nSPS) is 10.9. The SMILES string of the molecule is CCc1c(N)cccc1-c1cnc(C(C)C)cn1. The lowest BCUT2D eigenvalue weighted by atomic mass is 10.0. The predicted octanol–water partition coefficient (Wildman–Crippen LogP) is 3.41. The second-order valence-corrected chi connectivity index (χ2v) is 4.71. The van der Waals surface area contributed by atoms with E-state index in [9.17, 15) is 0 Å². The van der Waals surface area contributed by atoms with Gasteiger partial charge in [-0.1, -0.05) is 32.9 Å². The van der Waals surface area contributed by atoms with Crippen LogP contribution < -0.4 is 5.73 Å². The van der Waals surface area contributed by atoms with E-state index in [2.05, 4.69) is 30.7 Å². The Balaban J connectivity index is 2.46. The molecule has 18 heavy (non-hydrogen) atoms. The zero-order chi connectivity index (χ0) is 13.1. The minimum Gasteiger partial charge on any atom is -0.398 e. The van der Waals surface area contributed by atoms with Crippen molar-refractivity contribution >= 4 is 5.69 Å². The van der Waals surface area contributed by atoms with Crippen LogP contribution in [0.2, 0.25) is 0 Å². The Labute approximate surface area is 108 Å². The van der Waals surface area contributed by atoms with Gasteiger partial charge in [-0.2, -0.15) is 0 Å². The summed E-state index contributed by atoms with van der Waals surface area (Å²) in [7, 11) is 0. The molecule has 0 aliphatic carbocycles. The van der Waals surface area contributed by atoms with Crippen molar-refractivity contribution in [2.75, 3.05) is 5.73 Å². The van der Waals surface area contributed by atoms with Gasteiger partial charge in [-0.15, -0.1) is 0 Å². The lowest BCUT2D eigenvalue weighted by Crippen LogP contribution is -1.99. The Hall–Kier alpha value is -1.90. The van der Waals surface area contributed by atoms with Crippen LogP contribution in [-0.4, -0.2) is 9.97 Å². The maximum atomic E-state index is 6.00. The fourth-order valence-corrected chi connectivity index (χ4v) is 2.01. The summed E-state index contributed by atoms with van der Waals surface area (Å²) < 4.78 is 0. The molecule has 0 radical (unpaired) electrons. The summed E-state index contributed by atoms with van der Waals surface area (Å²) in [6.45, 7) is 6.33. The van der Waals surface area contributed by atoms with Gasteiger partial charge in [0.1, 0.15) is 0 Å². The van der Waals surface area contributed by atoms with Crippen LogP contribution in [0.5, 0.6) is 0 Å². The van der Waals surface area contributed by atoms with E-state index in [1.54, 1.807) is 0 Å². The Bertz CT molecular complexity index is 530. The van der Waals surface area contributed by atoms with Gasteiger partial charge in [0.25, 0.3) is 0 Å². The van der Waals surface area contributed by atoms with Gasteiger partial charge in [-0.25, -0.2) is 0 Å². The third-order valence-corrected chi connectivity index (χ3v) is 3.11. The summed E-state index contributed by atoms with van der Waals surface area (Å²) in [6.07, 6.45) is 4.58. The molecular formula is C15H19N3. The van der Waals surface area contributed by atoms with E-state index in [4.69, 9.17) is 5.73 Å². The number of nitrogens with two attached hydrogens (primary N) is 1. The smallest absolute Gasteiger partial charge is 0.0888 e. The van der Waals surface area contributed by atoms with Crippen LogP contribution in [-0.2, 0) is 6.42 Å². The second-order valence-electron chi connectivity index (χ2n) is 4.71. The summed E-state index contributed by atoms with van der Waals surface area (Å²) in [5, 5.41) is 0. The van der Waals surface area contributed by atoms with Crippen molar-refractivity contribution in [2.45, 2.75) is 33.1 Å². The molecule has 2 aromatic rings. The van der Waals surface area contributed by atoms with E-state index in [0.717, 1.165) is 34.6 Å². The average molecular weight is 241 g/mol. The summed E-state index contributed by atoms with van der Waals surface area (Å²) in [6, 6.07) is 5.94. The molecule has 94 valence electrons. The lowest BCUT2D eigenvalue weighted by Gasteiger charge is -2.10. The highest BCUT2D eigenvalue weighted by molar-refractivity contribution is 5.70. The maximum Gasteiger partial charge on any atom is 0.0888 e. The van der Waals surface area contributed by atoms with E-state index in [-0.39, 0.29) is 0 Å². The highest BCUT2D eigenvalue weighted by Gasteiger charge is 2.09. The monoisotopic (exact) mass is 241 g/mol. The zero-order valence-corrected chi connectivity index (χ0v) is 11.1. The first-order chi connectivity index (χ1) is 8.63. The molecule has 0 unspecified atom stereocenters. The molecule has 0 spiro atoms. The van der Waals surface area contributed by atoms with Crippen molar-refractivity contribution in [2.24, 2.45) is 0 Å². The standard InChI is InChI=1S/C15H19N3/c1-4-11-12(6-5-7-13(11)16)15-9-17-14(8-18-15)10(2)3/h5-10H,4,16H2,1-3H3. The fourth-order valence-electron chi connectivity index (χ4n) is 2.01. The molecule has 3 nitrogen and oxygen atoms in total. The van der Waals surface area contributed by atoms with Gasteiger partial charge in [-0.3, -0.25) is 9.97 Å². The molecule has 2 N–H and O–H groups in total. The third-order valence-electron chi connectivity index (χ3n) is 3.11. The number of rotatable bonds is 3. The molecule has 0 fully saturated rings. The predicted molar refractivity (Wildman–Crippen MR) is 75.3 cm³/mol. The summed E-state index contributed by atoms with van der Waals surface area (Å²) >= 11 is 0. The van der Waals surface area contributed by atoms with Crippen molar-refractivity contribution in [1.29, 1.82) is 0 Å². The highest BCUT2D eigenvalue weighted by atomic mass is 14.8. The van der Waals surface area contributed by atoms with Gasteiger partial charge in [0.05, 0.1) is 17.6 Å². The fraction of sp³-hybridized carbons (Fsp3) is 0.333. The average Bonchev–Trinajstić information content (AvgIpc) is 2.38. The maximum absolute atomic E-state index is 6.00. The first kappa shape index (κ1) is 12.6. The quantitative estimate of drug-likeness (QED) is 0.838. The van der Waals surface area contributed by atoms with Crippen LogP contribution in [0.1, 0.15) is 37.9 Å². The molecule has 1 aromatic carbocycles. The number of nitrogen functional groups attached to an aromatic ring is 1. The largest absolute Gasteiger partial charge is 0.398 e. The number of hydrogen-bond acceptors (Lipinski definition) is 3. The summed E-state index contributed by atoms with van der Waals surface area (Å²) in [5.41, 5.74) is 11.0. The lowest BCUT2D eigenvalue weighted by molar-refractivity contribution is 0.812. The number of nitrogens with zero attached hydrogens (tertiary/aromatic N) is 2. The number of anilines is 1. The van der Waals surface area contributed by atoms with E-state index in [1.165, 1.54) is 0 Å². The van der Waals surface area contributed by atoms with Crippen LogP contribution >= 0.6 is 0 Å². The molecule has 0 aliphatic rings. The molecule has 0 amide bonds. The van der Waals surface area contributed by atoms with E-state index >= 15 is 0 Å². The van der Waals surface area contributed by atoms with Crippen LogP contribution in [0, 0.1) is 0 Å².